The Morgan fingerprint density at radius 3 is 1.53 bits per heavy atom. The molecule has 0 nitrogen and oxygen atoms in total. The van der Waals surface area contributed by atoms with Gasteiger partial charge in [-0.3, -0.25) is 0 Å². The molecule has 0 spiro atoms. The molecule has 0 saturated heterocycles. The third-order valence-electron chi connectivity index (χ3n) is 7.43. The van der Waals surface area contributed by atoms with Crippen LogP contribution >= 0.6 is 22.7 Å². The molecule has 0 amide bonds. The molecule has 194 valence electrons. The number of unbranched alkanes of at least 4 members (excludes halogenated alkanes) is 16. The van der Waals surface area contributed by atoms with Crippen molar-refractivity contribution in [3.63, 3.8) is 0 Å². The van der Waals surface area contributed by atoms with E-state index in [1.807, 2.05) is 22.7 Å². The largest absolute Gasteiger partial charge is 0.143 e. The van der Waals surface area contributed by atoms with Crippen molar-refractivity contribution in [2.24, 2.45) is 5.92 Å². The van der Waals surface area contributed by atoms with Crippen molar-refractivity contribution in [3.05, 3.63) is 34.5 Å². The van der Waals surface area contributed by atoms with Crippen molar-refractivity contribution in [1.82, 2.24) is 0 Å². The van der Waals surface area contributed by atoms with Gasteiger partial charge in [0.2, 0.25) is 0 Å². The highest BCUT2D eigenvalue weighted by molar-refractivity contribution is 7.20. The first-order valence-electron chi connectivity index (χ1n) is 14.9. The van der Waals surface area contributed by atoms with Gasteiger partial charge in [0.1, 0.15) is 0 Å². The average molecular weight is 503 g/mol. The third kappa shape index (κ3) is 13.5. The Morgan fingerprint density at radius 1 is 0.559 bits per heavy atom. The van der Waals surface area contributed by atoms with Crippen molar-refractivity contribution >= 4 is 22.7 Å². The molecule has 2 aromatic heterocycles. The predicted molar refractivity (Wildman–Crippen MR) is 159 cm³/mol. The molecular formula is C32H54S2. The lowest BCUT2D eigenvalue weighted by molar-refractivity contribution is 0.400. The maximum Gasteiger partial charge on any atom is 0.0474 e. The van der Waals surface area contributed by atoms with Crippen molar-refractivity contribution < 1.29 is 0 Å². The zero-order valence-corrected chi connectivity index (χ0v) is 24.3. The highest BCUT2D eigenvalue weighted by Crippen LogP contribution is 2.35. The lowest BCUT2D eigenvalue weighted by atomic mass is 9.88. The van der Waals surface area contributed by atoms with E-state index in [4.69, 9.17) is 0 Å². The van der Waals surface area contributed by atoms with Gasteiger partial charge in [-0.1, -0.05) is 148 Å². The van der Waals surface area contributed by atoms with Crippen molar-refractivity contribution in [2.45, 2.75) is 149 Å². The Morgan fingerprint density at radius 2 is 1.06 bits per heavy atom. The van der Waals surface area contributed by atoms with E-state index >= 15 is 0 Å². The van der Waals surface area contributed by atoms with E-state index in [1.54, 1.807) is 10.4 Å². The number of thiophene rings is 2. The SMILES string of the molecule is CCCCCCCCCCCCC(CCCCCCCCCC)Cc1ccsc1-c1cccs1. The Labute approximate surface area is 221 Å². The van der Waals surface area contributed by atoms with E-state index < -0.39 is 0 Å². The third-order valence-corrected chi connectivity index (χ3v) is 9.44. The van der Waals surface area contributed by atoms with Crippen LogP contribution in [-0.2, 0) is 6.42 Å². The molecule has 1 atom stereocenters. The zero-order chi connectivity index (χ0) is 24.1. The molecule has 2 heteroatoms. The molecule has 0 aliphatic carbocycles. The molecule has 2 aromatic rings. The van der Waals surface area contributed by atoms with Crippen LogP contribution in [0.3, 0.4) is 0 Å². The van der Waals surface area contributed by atoms with E-state index in [-0.39, 0.29) is 0 Å². The summed E-state index contributed by atoms with van der Waals surface area (Å²) in [6, 6.07) is 6.92. The number of rotatable bonds is 23. The second-order valence-electron chi connectivity index (χ2n) is 10.6. The van der Waals surface area contributed by atoms with Crippen molar-refractivity contribution in [1.29, 1.82) is 0 Å². The molecule has 0 aromatic carbocycles. The van der Waals surface area contributed by atoms with Gasteiger partial charge < -0.3 is 0 Å². The molecule has 0 radical (unpaired) electrons. The van der Waals surface area contributed by atoms with Gasteiger partial charge in [0.05, 0.1) is 0 Å². The summed E-state index contributed by atoms with van der Waals surface area (Å²) in [7, 11) is 0. The summed E-state index contributed by atoms with van der Waals surface area (Å²) in [4.78, 5) is 3.01. The molecular weight excluding hydrogens is 448 g/mol. The van der Waals surface area contributed by atoms with Crippen LogP contribution in [0.4, 0.5) is 0 Å². The van der Waals surface area contributed by atoms with Gasteiger partial charge >= 0.3 is 0 Å². The van der Waals surface area contributed by atoms with Crippen molar-refractivity contribution in [3.8, 4) is 9.75 Å². The standard InChI is InChI=1S/C32H54S2/c1-3-5-7-9-11-13-14-16-18-20-23-29(22-19-17-15-12-10-8-6-4-2)28-30-25-27-34-32(30)31-24-21-26-33-31/h21,24-27,29H,3-20,22-23,28H2,1-2H3. The Bertz CT molecular complexity index is 669. The molecule has 0 bridgehead atoms. The minimum absolute atomic E-state index is 0.877. The van der Waals surface area contributed by atoms with E-state index in [0.29, 0.717) is 0 Å². The summed E-state index contributed by atoms with van der Waals surface area (Å²) in [5, 5.41) is 4.54. The maximum atomic E-state index is 2.42. The fraction of sp³-hybridized carbons (Fsp3) is 0.750. The molecule has 1 unspecified atom stereocenters. The second-order valence-corrected chi connectivity index (χ2v) is 12.4. The van der Waals surface area contributed by atoms with Crippen LogP contribution in [0.15, 0.2) is 29.0 Å². The minimum atomic E-state index is 0.877. The molecule has 2 heterocycles. The fourth-order valence-electron chi connectivity index (χ4n) is 5.27. The van der Waals surface area contributed by atoms with Gasteiger partial charge in [-0.05, 0) is 40.8 Å². The summed E-state index contributed by atoms with van der Waals surface area (Å²) in [6.07, 6.45) is 30.1. The first kappa shape index (κ1) is 29.6. The monoisotopic (exact) mass is 502 g/mol. The van der Waals surface area contributed by atoms with Crippen molar-refractivity contribution in [2.75, 3.05) is 0 Å². The number of hydrogen-bond donors (Lipinski definition) is 0. The lowest BCUT2D eigenvalue weighted by Gasteiger charge is -2.17. The second kappa shape index (κ2) is 20.6. The minimum Gasteiger partial charge on any atom is -0.143 e. The van der Waals surface area contributed by atoms with Crippen LogP contribution in [-0.4, -0.2) is 0 Å². The van der Waals surface area contributed by atoms with Gasteiger partial charge in [-0.2, -0.15) is 0 Å². The maximum absolute atomic E-state index is 2.42. The van der Waals surface area contributed by atoms with Gasteiger partial charge in [0.15, 0.2) is 0 Å². The predicted octanol–water partition coefficient (Wildman–Crippen LogP) is 12.5. The molecule has 0 N–H and O–H groups in total. The summed E-state index contributed by atoms with van der Waals surface area (Å²) in [6.45, 7) is 4.62. The Hall–Kier alpha value is -0.600. The normalized spacial score (nSPS) is 12.4. The smallest absolute Gasteiger partial charge is 0.0474 e. The number of hydrogen-bond acceptors (Lipinski definition) is 2. The molecule has 2 rings (SSSR count). The van der Waals surface area contributed by atoms with Crippen LogP contribution in [0.2, 0.25) is 0 Å². The Balaban J connectivity index is 1.69. The highest BCUT2D eigenvalue weighted by Gasteiger charge is 2.15. The molecule has 0 aliphatic rings. The van der Waals surface area contributed by atoms with E-state index in [1.165, 1.54) is 140 Å². The fourth-order valence-corrected chi connectivity index (χ4v) is 7.11. The molecule has 34 heavy (non-hydrogen) atoms. The quantitative estimate of drug-likeness (QED) is 0.132. The summed E-state index contributed by atoms with van der Waals surface area (Å²) in [5.74, 6) is 0.877. The van der Waals surface area contributed by atoms with E-state index in [0.717, 1.165) is 5.92 Å². The van der Waals surface area contributed by atoms with Gasteiger partial charge in [-0.25, -0.2) is 0 Å². The highest BCUT2D eigenvalue weighted by atomic mass is 32.1. The Kier molecular flexibility index (Phi) is 17.9. The van der Waals surface area contributed by atoms with Crippen LogP contribution in [0.5, 0.6) is 0 Å². The first-order chi connectivity index (χ1) is 16.8. The lowest BCUT2D eigenvalue weighted by Crippen LogP contribution is -2.05. The first-order valence-corrected chi connectivity index (χ1v) is 16.7. The summed E-state index contributed by atoms with van der Waals surface area (Å²) in [5.41, 5.74) is 1.61. The topological polar surface area (TPSA) is 0 Å². The van der Waals surface area contributed by atoms with Crippen LogP contribution in [0, 0.1) is 5.92 Å². The molecule has 0 fully saturated rings. The van der Waals surface area contributed by atoms with Gasteiger partial charge in [-0.15, -0.1) is 22.7 Å². The molecule has 0 saturated carbocycles. The summed E-state index contributed by atoms with van der Waals surface area (Å²) >= 11 is 3.85. The van der Waals surface area contributed by atoms with Crippen LogP contribution in [0.25, 0.3) is 9.75 Å². The van der Waals surface area contributed by atoms with E-state index in [2.05, 4.69) is 42.8 Å². The van der Waals surface area contributed by atoms with Gasteiger partial charge in [0, 0.05) is 9.75 Å². The summed E-state index contributed by atoms with van der Waals surface area (Å²) < 4.78 is 0. The van der Waals surface area contributed by atoms with E-state index in [9.17, 15) is 0 Å². The zero-order valence-electron chi connectivity index (χ0n) is 22.6. The van der Waals surface area contributed by atoms with Crippen LogP contribution < -0.4 is 0 Å². The average Bonchev–Trinajstić information content (AvgIpc) is 3.53. The molecule has 0 aliphatic heterocycles. The van der Waals surface area contributed by atoms with Gasteiger partial charge in [0.25, 0.3) is 0 Å². The van der Waals surface area contributed by atoms with Crippen LogP contribution in [0.1, 0.15) is 148 Å².